The minimum absolute atomic E-state index is 0.473. The Balaban J connectivity index is 3.10. The van der Waals surface area contributed by atoms with Crippen molar-refractivity contribution in [2.24, 2.45) is 0 Å². The van der Waals surface area contributed by atoms with Gasteiger partial charge in [-0.3, -0.25) is 4.90 Å². The molecule has 0 aliphatic carbocycles. The lowest BCUT2D eigenvalue weighted by atomic mass is 10.2. The van der Waals surface area contributed by atoms with Crippen LogP contribution in [0.15, 0.2) is 18.2 Å². The molecule has 0 fully saturated rings. The second-order valence-electron chi connectivity index (χ2n) is 2.96. The summed E-state index contributed by atoms with van der Waals surface area (Å²) in [4.78, 5) is 12.6. The van der Waals surface area contributed by atoms with E-state index in [9.17, 15) is 4.79 Å². The van der Waals surface area contributed by atoms with Crippen LogP contribution in [0.1, 0.15) is 0 Å². The van der Waals surface area contributed by atoms with Gasteiger partial charge in [-0.2, -0.15) is 0 Å². The van der Waals surface area contributed by atoms with Crippen LogP contribution in [0.5, 0.6) is 5.75 Å². The first-order valence-corrected chi connectivity index (χ1v) is 4.35. The molecule has 1 rings (SSSR count). The number of nitrogens with zero attached hydrogens (tertiary/aromatic N) is 1. The van der Waals surface area contributed by atoms with Crippen molar-refractivity contribution in [3.8, 4) is 5.75 Å². The largest absolute Gasteiger partial charge is 0.495 e. The Hall–Kier alpha value is -1.91. The van der Waals surface area contributed by atoms with Crippen LogP contribution in [0.25, 0.3) is 0 Å². The predicted octanol–water partition coefficient (Wildman–Crippen LogP) is 1.48. The van der Waals surface area contributed by atoms with Gasteiger partial charge in [0, 0.05) is 12.7 Å². The summed E-state index contributed by atoms with van der Waals surface area (Å²) in [5.74, 6) is 0.567. The SMILES string of the molecule is COC(=O)N(C)c1cc(N)ccc1OC. The third-order valence-electron chi connectivity index (χ3n) is 2.01. The zero-order valence-corrected chi connectivity index (χ0v) is 8.98. The van der Waals surface area contributed by atoms with Crippen LogP contribution >= 0.6 is 0 Å². The minimum Gasteiger partial charge on any atom is -0.495 e. The number of amides is 1. The van der Waals surface area contributed by atoms with Gasteiger partial charge >= 0.3 is 6.09 Å². The molecule has 0 heterocycles. The molecule has 1 amide bonds. The molecule has 0 saturated carbocycles. The van der Waals surface area contributed by atoms with Crippen LogP contribution in [0.2, 0.25) is 0 Å². The molecular weight excluding hydrogens is 196 g/mol. The average molecular weight is 210 g/mol. The third-order valence-corrected chi connectivity index (χ3v) is 2.01. The standard InChI is InChI=1S/C10H14N2O3/c1-12(10(13)15-3)8-6-7(11)4-5-9(8)14-2/h4-6H,11H2,1-3H3. The number of anilines is 2. The lowest BCUT2D eigenvalue weighted by molar-refractivity contribution is 0.180. The van der Waals surface area contributed by atoms with Gasteiger partial charge in [0.2, 0.25) is 0 Å². The van der Waals surface area contributed by atoms with Crippen LogP contribution in [0.3, 0.4) is 0 Å². The molecule has 5 heteroatoms. The van der Waals surface area contributed by atoms with Crippen molar-refractivity contribution >= 4 is 17.5 Å². The maximum atomic E-state index is 11.3. The molecule has 82 valence electrons. The average Bonchev–Trinajstić information content (AvgIpc) is 2.27. The van der Waals surface area contributed by atoms with Gasteiger partial charge in [-0.15, -0.1) is 0 Å². The third kappa shape index (κ3) is 2.31. The zero-order chi connectivity index (χ0) is 11.4. The lowest BCUT2D eigenvalue weighted by Crippen LogP contribution is -2.26. The van der Waals surface area contributed by atoms with E-state index in [0.717, 1.165) is 0 Å². The lowest BCUT2D eigenvalue weighted by Gasteiger charge is -2.18. The monoisotopic (exact) mass is 210 g/mol. The number of carbonyl (C=O) groups excluding carboxylic acids is 1. The number of hydrogen-bond acceptors (Lipinski definition) is 4. The molecule has 0 radical (unpaired) electrons. The van der Waals surface area contributed by atoms with Crippen molar-refractivity contribution in [3.63, 3.8) is 0 Å². The van der Waals surface area contributed by atoms with E-state index < -0.39 is 6.09 Å². The summed E-state index contributed by atoms with van der Waals surface area (Å²) in [6.45, 7) is 0. The number of ether oxygens (including phenoxy) is 2. The van der Waals surface area contributed by atoms with E-state index in [1.54, 1.807) is 25.2 Å². The Morgan fingerprint density at radius 2 is 2.07 bits per heavy atom. The number of rotatable bonds is 2. The number of hydrogen-bond donors (Lipinski definition) is 1. The molecule has 0 saturated heterocycles. The highest BCUT2D eigenvalue weighted by atomic mass is 16.5. The molecular formula is C10H14N2O3. The van der Waals surface area contributed by atoms with Gasteiger partial charge in [-0.1, -0.05) is 0 Å². The van der Waals surface area contributed by atoms with E-state index in [0.29, 0.717) is 17.1 Å². The first-order chi connectivity index (χ1) is 7.10. The Morgan fingerprint density at radius 3 is 2.60 bits per heavy atom. The Kier molecular flexibility index (Phi) is 3.38. The van der Waals surface area contributed by atoms with E-state index in [1.165, 1.54) is 19.1 Å². The van der Waals surface area contributed by atoms with E-state index in [2.05, 4.69) is 4.74 Å². The molecule has 5 nitrogen and oxygen atoms in total. The van der Waals surface area contributed by atoms with Gasteiger partial charge in [0.25, 0.3) is 0 Å². The molecule has 0 aliphatic rings. The van der Waals surface area contributed by atoms with Gasteiger partial charge < -0.3 is 15.2 Å². The maximum Gasteiger partial charge on any atom is 0.413 e. The molecule has 1 aromatic carbocycles. The van der Waals surface area contributed by atoms with Gasteiger partial charge in [-0.25, -0.2) is 4.79 Å². The van der Waals surface area contributed by atoms with Crippen LogP contribution in [0, 0.1) is 0 Å². The highest BCUT2D eigenvalue weighted by molar-refractivity contribution is 5.89. The van der Waals surface area contributed by atoms with Crippen LogP contribution in [0.4, 0.5) is 16.2 Å². The highest BCUT2D eigenvalue weighted by Gasteiger charge is 2.15. The quantitative estimate of drug-likeness (QED) is 0.751. The molecule has 0 aliphatic heterocycles. The predicted molar refractivity (Wildman–Crippen MR) is 58.2 cm³/mol. The fourth-order valence-electron chi connectivity index (χ4n) is 1.20. The topological polar surface area (TPSA) is 64.8 Å². The fourth-order valence-corrected chi connectivity index (χ4v) is 1.20. The van der Waals surface area contributed by atoms with Crippen molar-refractivity contribution in [1.82, 2.24) is 0 Å². The Bertz CT molecular complexity index is 366. The van der Waals surface area contributed by atoms with Gasteiger partial charge in [0.15, 0.2) is 0 Å². The summed E-state index contributed by atoms with van der Waals surface area (Å²) in [6.07, 6.45) is -0.473. The Labute approximate surface area is 88.4 Å². The summed E-state index contributed by atoms with van der Waals surface area (Å²) >= 11 is 0. The first kappa shape index (κ1) is 11.2. The van der Waals surface area contributed by atoms with Gasteiger partial charge in [-0.05, 0) is 18.2 Å². The van der Waals surface area contributed by atoms with Gasteiger partial charge in [0.1, 0.15) is 5.75 Å². The second kappa shape index (κ2) is 4.54. The first-order valence-electron chi connectivity index (χ1n) is 4.35. The van der Waals surface area contributed by atoms with Gasteiger partial charge in [0.05, 0.1) is 19.9 Å². The summed E-state index contributed by atoms with van der Waals surface area (Å²) in [5.41, 5.74) is 6.76. The number of carbonyl (C=O) groups is 1. The molecule has 0 atom stereocenters. The molecule has 15 heavy (non-hydrogen) atoms. The van der Waals surface area contributed by atoms with E-state index in [4.69, 9.17) is 10.5 Å². The normalized spacial score (nSPS) is 9.53. The summed E-state index contributed by atoms with van der Waals surface area (Å²) in [7, 11) is 4.43. The molecule has 1 aromatic rings. The van der Waals surface area contributed by atoms with E-state index in [-0.39, 0.29) is 0 Å². The molecule has 0 aromatic heterocycles. The van der Waals surface area contributed by atoms with Crippen molar-refractivity contribution < 1.29 is 14.3 Å². The van der Waals surface area contributed by atoms with E-state index >= 15 is 0 Å². The van der Waals surface area contributed by atoms with Crippen molar-refractivity contribution in [3.05, 3.63) is 18.2 Å². The highest BCUT2D eigenvalue weighted by Crippen LogP contribution is 2.29. The molecule has 2 N–H and O–H groups in total. The number of benzene rings is 1. The van der Waals surface area contributed by atoms with Crippen molar-refractivity contribution in [2.75, 3.05) is 31.9 Å². The second-order valence-corrected chi connectivity index (χ2v) is 2.96. The fraction of sp³-hybridized carbons (Fsp3) is 0.300. The van der Waals surface area contributed by atoms with Crippen molar-refractivity contribution in [1.29, 1.82) is 0 Å². The number of nitrogen functional groups attached to an aromatic ring is 1. The van der Waals surface area contributed by atoms with Crippen molar-refractivity contribution in [2.45, 2.75) is 0 Å². The summed E-state index contributed by atoms with van der Waals surface area (Å²) < 4.78 is 9.71. The zero-order valence-electron chi connectivity index (χ0n) is 8.98. The number of nitrogens with two attached hydrogens (primary N) is 1. The van der Waals surface area contributed by atoms with E-state index in [1.807, 2.05) is 0 Å². The van der Waals surface area contributed by atoms with Crippen LogP contribution < -0.4 is 15.4 Å². The molecule has 0 bridgehead atoms. The summed E-state index contributed by atoms with van der Waals surface area (Å²) in [6, 6.07) is 5.05. The smallest absolute Gasteiger partial charge is 0.413 e. The minimum atomic E-state index is -0.473. The molecule has 0 unspecified atom stereocenters. The maximum absolute atomic E-state index is 11.3. The van der Waals surface area contributed by atoms with Crippen LogP contribution in [-0.2, 0) is 4.74 Å². The van der Waals surface area contributed by atoms with Crippen LogP contribution in [-0.4, -0.2) is 27.4 Å². The Morgan fingerprint density at radius 1 is 1.40 bits per heavy atom. The molecule has 0 spiro atoms. The number of methoxy groups -OCH3 is 2. The summed E-state index contributed by atoms with van der Waals surface area (Å²) in [5, 5.41) is 0.